The molecule has 0 fully saturated rings. The Bertz CT molecular complexity index is 622. The number of hydrogen-bond donors (Lipinski definition) is 2. The summed E-state index contributed by atoms with van der Waals surface area (Å²) in [7, 11) is -3.70. The van der Waals surface area contributed by atoms with Crippen molar-refractivity contribution >= 4 is 15.9 Å². The van der Waals surface area contributed by atoms with Crippen LogP contribution in [-0.4, -0.2) is 23.8 Å². The molecular formula is C9H12N4O3S. The summed E-state index contributed by atoms with van der Waals surface area (Å²) in [5.74, 6) is 0.0856. The van der Waals surface area contributed by atoms with Gasteiger partial charge in [-0.25, -0.2) is 13.1 Å². The highest BCUT2D eigenvalue weighted by atomic mass is 32.2. The molecule has 17 heavy (non-hydrogen) atoms. The maximum atomic E-state index is 12.1. The summed E-state index contributed by atoms with van der Waals surface area (Å²) in [5.41, 5.74) is 1.49. The van der Waals surface area contributed by atoms with E-state index in [1.807, 2.05) is 0 Å². The normalized spacial score (nSPS) is 11.7. The highest BCUT2D eigenvalue weighted by Gasteiger charge is 2.23. The largest absolute Gasteiger partial charge is 0.338 e. The van der Waals surface area contributed by atoms with Gasteiger partial charge in [0.1, 0.15) is 4.90 Å². The first-order valence-corrected chi connectivity index (χ1v) is 6.36. The van der Waals surface area contributed by atoms with E-state index in [4.69, 9.17) is 4.52 Å². The van der Waals surface area contributed by atoms with Crippen LogP contribution in [0.3, 0.4) is 0 Å². The molecule has 0 radical (unpaired) electrons. The van der Waals surface area contributed by atoms with Crippen LogP contribution in [0.2, 0.25) is 0 Å². The summed E-state index contributed by atoms with van der Waals surface area (Å²) in [6, 6.07) is 1.50. The maximum absolute atomic E-state index is 12.1. The fraction of sp³-hybridized carbons (Fsp3) is 0.333. The zero-order chi connectivity index (χ0) is 12.6. The van der Waals surface area contributed by atoms with E-state index in [1.165, 1.54) is 6.07 Å². The van der Waals surface area contributed by atoms with E-state index in [-0.39, 0.29) is 10.8 Å². The third-order valence-electron chi connectivity index (χ3n) is 2.19. The Morgan fingerprint density at radius 1 is 1.35 bits per heavy atom. The fourth-order valence-corrected chi connectivity index (χ4v) is 2.88. The predicted molar refractivity (Wildman–Crippen MR) is 60.1 cm³/mol. The van der Waals surface area contributed by atoms with Crippen LogP contribution in [0.4, 0.5) is 5.88 Å². The van der Waals surface area contributed by atoms with Crippen molar-refractivity contribution in [3.63, 3.8) is 0 Å². The quantitative estimate of drug-likeness (QED) is 0.857. The topological polar surface area (TPSA) is 101 Å². The minimum atomic E-state index is -3.70. The predicted octanol–water partition coefficient (Wildman–Crippen LogP) is 1.12. The lowest BCUT2D eigenvalue weighted by Crippen LogP contribution is -2.14. The average molecular weight is 256 g/mol. The molecule has 2 heterocycles. The Hall–Kier alpha value is -1.83. The van der Waals surface area contributed by atoms with Crippen LogP contribution in [0.1, 0.15) is 17.1 Å². The summed E-state index contributed by atoms with van der Waals surface area (Å²) in [6.45, 7) is 4.96. The minimum Gasteiger partial charge on any atom is -0.338 e. The number of nitrogens with one attached hydrogen (secondary N) is 2. The van der Waals surface area contributed by atoms with Crippen molar-refractivity contribution in [2.45, 2.75) is 25.7 Å². The summed E-state index contributed by atoms with van der Waals surface area (Å²) < 4.78 is 31.2. The van der Waals surface area contributed by atoms with Crippen molar-refractivity contribution in [2.24, 2.45) is 0 Å². The highest BCUT2D eigenvalue weighted by Crippen LogP contribution is 2.20. The Balaban J connectivity index is 2.38. The third-order valence-corrected chi connectivity index (χ3v) is 3.80. The number of aromatic nitrogens is 3. The van der Waals surface area contributed by atoms with Crippen LogP contribution in [0.25, 0.3) is 0 Å². The van der Waals surface area contributed by atoms with Crippen molar-refractivity contribution in [3.8, 4) is 0 Å². The second-order valence-electron chi connectivity index (χ2n) is 3.70. The smallest absolute Gasteiger partial charge is 0.267 e. The molecule has 0 aromatic carbocycles. The van der Waals surface area contributed by atoms with Crippen LogP contribution >= 0.6 is 0 Å². The fourth-order valence-electron chi connectivity index (χ4n) is 1.53. The van der Waals surface area contributed by atoms with E-state index in [0.29, 0.717) is 17.1 Å². The molecule has 7 nitrogen and oxygen atoms in total. The van der Waals surface area contributed by atoms with Crippen molar-refractivity contribution in [1.29, 1.82) is 0 Å². The van der Waals surface area contributed by atoms with Crippen molar-refractivity contribution in [2.75, 3.05) is 4.72 Å². The van der Waals surface area contributed by atoms with Crippen molar-refractivity contribution < 1.29 is 12.9 Å². The van der Waals surface area contributed by atoms with Crippen LogP contribution in [0.15, 0.2) is 15.5 Å². The number of sulfonamides is 1. The van der Waals surface area contributed by atoms with Crippen LogP contribution in [0.5, 0.6) is 0 Å². The molecule has 0 atom stereocenters. The molecule has 0 unspecified atom stereocenters. The second kappa shape index (κ2) is 3.88. The standard InChI is InChI=1S/C9H12N4O3S/c1-5-4-8(16-12-5)13-17(14,15)9-6(2)10-11-7(9)3/h4,13H,1-3H3,(H,10,11). The lowest BCUT2D eigenvalue weighted by molar-refractivity contribution is 0.430. The van der Waals surface area contributed by atoms with Gasteiger partial charge in [0.25, 0.3) is 10.0 Å². The van der Waals surface area contributed by atoms with Crippen LogP contribution in [-0.2, 0) is 10.0 Å². The van der Waals surface area contributed by atoms with Gasteiger partial charge in [0.2, 0.25) is 5.88 Å². The van der Waals surface area contributed by atoms with Gasteiger partial charge < -0.3 is 4.52 Å². The molecule has 0 aliphatic heterocycles. The Morgan fingerprint density at radius 3 is 2.53 bits per heavy atom. The molecule has 0 saturated carbocycles. The van der Waals surface area contributed by atoms with Gasteiger partial charge in [-0.2, -0.15) is 5.10 Å². The Morgan fingerprint density at radius 2 is 2.06 bits per heavy atom. The highest BCUT2D eigenvalue weighted by molar-refractivity contribution is 7.92. The molecule has 0 spiro atoms. The Kier molecular flexibility index (Phi) is 2.66. The van der Waals surface area contributed by atoms with Gasteiger partial charge in [-0.1, -0.05) is 5.16 Å². The molecule has 0 saturated heterocycles. The number of aromatic amines is 1. The van der Waals surface area contributed by atoms with Crippen LogP contribution < -0.4 is 4.72 Å². The SMILES string of the molecule is Cc1cc(NS(=O)(=O)c2c(C)n[nH]c2C)on1. The summed E-state index contributed by atoms with van der Waals surface area (Å²) in [4.78, 5) is 0.131. The molecule has 0 aliphatic rings. The number of hydrogen-bond acceptors (Lipinski definition) is 5. The van der Waals surface area contributed by atoms with E-state index >= 15 is 0 Å². The van der Waals surface area contributed by atoms with Gasteiger partial charge in [-0.05, 0) is 20.8 Å². The first-order valence-electron chi connectivity index (χ1n) is 4.88. The van der Waals surface area contributed by atoms with E-state index < -0.39 is 10.0 Å². The van der Waals surface area contributed by atoms with E-state index in [1.54, 1.807) is 20.8 Å². The molecule has 2 rings (SSSR count). The Labute approximate surface area is 98.3 Å². The molecular weight excluding hydrogens is 244 g/mol. The number of nitrogens with zero attached hydrogens (tertiary/aromatic N) is 2. The van der Waals surface area contributed by atoms with E-state index in [9.17, 15) is 8.42 Å². The maximum Gasteiger partial charge on any atom is 0.267 e. The number of aryl methyl sites for hydroxylation is 3. The molecule has 2 N–H and O–H groups in total. The minimum absolute atomic E-state index is 0.0856. The lowest BCUT2D eigenvalue weighted by Gasteiger charge is -2.03. The van der Waals surface area contributed by atoms with Gasteiger partial charge in [0.15, 0.2) is 0 Å². The first-order chi connectivity index (χ1) is 7.90. The van der Waals surface area contributed by atoms with Gasteiger partial charge in [-0.3, -0.25) is 5.10 Å². The lowest BCUT2D eigenvalue weighted by atomic mass is 10.4. The van der Waals surface area contributed by atoms with Gasteiger partial charge in [0, 0.05) is 6.07 Å². The molecule has 2 aromatic rings. The molecule has 8 heteroatoms. The van der Waals surface area contributed by atoms with Crippen molar-refractivity contribution in [3.05, 3.63) is 23.1 Å². The molecule has 92 valence electrons. The van der Waals surface area contributed by atoms with E-state index in [2.05, 4.69) is 20.1 Å². The third kappa shape index (κ3) is 2.16. The second-order valence-corrected chi connectivity index (χ2v) is 5.32. The molecule has 0 aliphatic carbocycles. The first kappa shape index (κ1) is 11.6. The monoisotopic (exact) mass is 256 g/mol. The number of anilines is 1. The van der Waals surface area contributed by atoms with E-state index in [0.717, 1.165) is 0 Å². The van der Waals surface area contributed by atoms with Gasteiger partial charge in [-0.15, -0.1) is 0 Å². The summed E-state index contributed by atoms with van der Waals surface area (Å²) in [5, 5.41) is 10.1. The van der Waals surface area contributed by atoms with Gasteiger partial charge >= 0.3 is 0 Å². The zero-order valence-electron chi connectivity index (χ0n) is 9.60. The van der Waals surface area contributed by atoms with Crippen LogP contribution in [0, 0.1) is 20.8 Å². The average Bonchev–Trinajstić information content (AvgIpc) is 2.73. The van der Waals surface area contributed by atoms with Gasteiger partial charge in [0.05, 0.1) is 17.1 Å². The molecule has 2 aromatic heterocycles. The van der Waals surface area contributed by atoms with Crippen molar-refractivity contribution in [1.82, 2.24) is 15.4 Å². The number of rotatable bonds is 3. The molecule has 0 amide bonds. The summed E-state index contributed by atoms with van der Waals surface area (Å²) >= 11 is 0. The number of H-pyrrole nitrogens is 1. The summed E-state index contributed by atoms with van der Waals surface area (Å²) in [6.07, 6.45) is 0. The molecule has 0 bridgehead atoms. The zero-order valence-corrected chi connectivity index (χ0v) is 10.4.